The van der Waals surface area contributed by atoms with Gasteiger partial charge < -0.3 is 10.6 Å². The molecule has 0 aromatic carbocycles. The summed E-state index contributed by atoms with van der Waals surface area (Å²) in [7, 11) is 0. The van der Waals surface area contributed by atoms with Crippen LogP contribution in [-0.4, -0.2) is 24.0 Å². The van der Waals surface area contributed by atoms with Crippen molar-refractivity contribution in [1.29, 1.82) is 0 Å². The highest BCUT2D eigenvalue weighted by molar-refractivity contribution is 7.11. The van der Waals surface area contributed by atoms with Gasteiger partial charge in [-0.2, -0.15) is 0 Å². The monoisotopic (exact) mass is 254 g/mol. The number of aliphatic imine (C=N–C) groups is 1. The normalized spacial score (nSPS) is 11.6. The lowest BCUT2D eigenvalue weighted by Crippen LogP contribution is -2.37. The maximum Gasteiger partial charge on any atom is 0.191 e. The molecule has 0 fully saturated rings. The Morgan fingerprint density at radius 3 is 2.76 bits per heavy atom. The molecule has 0 saturated heterocycles. The van der Waals surface area contributed by atoms with Gasteiger partial charge in [0.25, 0.3) is 0 Å². The lowest BCUT2D eigenvalue weighted by atomic mass is 10.4. The zero-order valence-electron chi connectivity index (χ0n) is 10.9. The number of nitrogens with zero attached hydrogens (tertiary/aromatic N) is 2. The van der Waals surface area contributed by atoms with Crippen LogP contribution in [0.25, 0.3) is 0 Å². The van der Waals surface area contributed by atoms with E-state index in [-0.39, 0.29) is 0 Å². The molecule has 1 heterocycles. The van der Waals surface area contributed by atoms with Gasteiger partial charge in [0.05, 0.1) is 6.54 Å². The molecule has 0 radical (unpaired) electrons. The van der Waals surface area contributed by atoms with Crippen LogP contribution >= 0.6 is 11.3 Å². The van der Waals surface area contributed by atoms with Crippen LogP contribution in [0.4, 0.5) is 0 Å². The molecule has 0 bridgehead atoms. The maximum absolute atomic E-state index is 4.51. The summed E-state index contributed by atoms with van der Waals surface area (Å²) in [6, 6.07) is 0. The largest absolute Gasteiger partial charge is 0.357 e. The molecule has 0 atom stereocenters. The summed E-state index contributed by atoms with van der Waals surface area (Å²) in [5, 5.41) is 7.58. The van der Waals surface area contributed by atoms with Gasteiger partial charge >= 0.3 is 0 Å². The summed E-state index contributed by atoms with van der Waals surface area (Å²) in [6.07, 6.45) is 4.10. The van der Waals surface area contributed by atoms with Crippen molar-refractivity contribution in [3.05, 3.63) is 16.1 Å². The molecule has 96 valence electrons. The molecule has 0 aliphatic rings. The van der Waals surface area contributed by atoms with Crippen molar-refractivity contribution < 1.29 is 0 Å². The van der Waals surface area contributed by atoms with Crippen molar-refractivity contribution >= 4 is 17.3 Å². The van der Waals surface area contributed by atoms with Crippen molar-refractivity contribution in [3.8, 4) is 0 Å². The summed E-state index contributed by atoms with van der Waals surface area (Å²) >= 11 is 1.74. The number of thiazole rings is 1. The number of nitrogens with one attached hydrogen (secondary N) is 2. The molecule has 5 heteroatoms. The minimum atomic E-state index is 0.656. The molecule has 1 aromatic heterocycles. The van der Waals surface area contributed by atoms with Crippen LogP contribution in [0.1, 0.15) is 37.1 Å². The first-order valence-electron chi connectivity index (χ1n) is 6.25. The van der Waals surface area contributed by atoms with Crippen LogP contribution in [0.2, 0.25) is 0 Å². The molecular formula is C12H22N4S. The van der Waals surface area contributed by atoms with Crippen molar-refractivity contribution in [1.82, 2.24) is 15.6 Å². The molecule has 0 spiro atoms. The quantitative estimate of drug-likeness (QED) is 0.604. The van der Waals surface area contributed by atoms with Crippen molar-refractivity contribution in [2.75, 3.05) is 13.1 Å². The number of hydrogen-bond acceptors (Lipinski definition) is 3. The molecule has 0 unspecified atom stereocenters. The Morgan fingerprint density at radius 2 is 2.18 bits per heavy atom. The minimum Gasteiger partial charge on any atom is -0.357 e. The second-order valence-electron chi connectivity index (χ2n) is 3.70. The van der Waals surface area contributed by atoms with Gasteiger partial charge in [0.1, 0.15) is 5.01 Å². The fourth-order valence-corrected chi connectivity index (χ4v) is 2.10. The number of guanidine groups is 1. The molecule has 0 saturated carbocycles. The topological polar surface area (TPSA) is 49.3 Å². The lowest BCUT2D eigenvalue weighted by molar-refractivity contribution is 0.785. The standard InChI is InChI=1S/C12H22N4S/c1-4-7-14-12(13-6-3)16-9-11-15-8-10(5-2)17-11/h8H,4-7,9H2,1-3H3,(H2,13,14,16). The van der Waals surface area contributed by atoms with Crippen LogP contribution in [0, 0.1) is 0 Å². The lowest BCUT2D eigenvalue weighted by Gasteiger charge is -2.09. The fourth-order valence-electron chi connectivity index (χ4n) is 1.32. The molecule has 0 aliphatic carbocycles. The maximum atomic E-state index is 4.51. The fraction of sp³-hybridized carbons (Fsp3) is 0.667. The van der Waals surface area contributed by atoms with Crippen LogP contribution in [0.3, 0.4) is 0 Å². The predicted molar refractivity (Wildman–Crippen MR) is 74.6 cm³/mol. The van der Waals surface area contributed by atoms with E-state index in [1.807, 2.05) is 6.20 Å². The number of aromatic nitrogens is 1. The van der Waals surface area contributed by atoms with Gasteiger partial charge in [-0.3, -0.25) is 0 Å². The third-order valence-corrected chi connectivity index (χ3v) is 3.34. The first-order valence-corrected chi connectivity index (χ1v) is 7.07. The SMILES string of the molecule is CCCNC(=NCc1ncc(CC)s1)NCC. The van der Waals surface area contributed by atoms with E-state index in [4.69, 9.17) is 0 Å². The Balaban J connectivity index is 2.51. The van der Waals surface area contributed by atoms with Crippen LogP contribution in [0.5, 0.6) is 0 Å². The van der Waals surface area contributed by atoms with Crippen molar-refractivity contribution in [3.63, 3.8) is 0 Å². The van der Waals surface area contributed by atoms with E-state index >= 15 is 0 Å². The van der Waals surface area contributed by atoms with Crippen LogP contribution < -0.4 is 10.6 Å². The molecule has 0 amide bonds. The molecule has 17 heavy (non-hydrogen) atoms. The zero-order valence-corrected chi connectivity index (χ0v) is 11.7. The molecule has 0 aliphatic heterocycles. The summed E-state index contributed by atoms with van der Waals surface area (Å²) in [5.74, 6) is 0.877. The zero-order chi connectivity index (χ0) is 12.5. The molecule has 2 N–H and O–H groups in total. The molecule has 1 aromatic rings. The first kappa shape index (κ1) is 14.0. The molecular weight excluding hydrogens is 232 g/mol. The summed E-state index contributed by atoms with van der Waals surface area (Å²) < 4.78 is 0. The van der Waals surface area contributed by atoms with Crippen LogP contribution in [-0.2, 0) is 13.0 Å². The van der Waals surface area contributed by atoms with E-state index in [0.29, 0.717) is 6.54 Å². The van der Waals surface area contributed by atoms with Gasteiger partial charge in [-0.1, -0.05) is 13.8 Å². The second kappa shape index (κ2) is 8.06. The third kappa shape index (κ3) is 5.17. The number of aryl methyl sites for hydroxylation is 1. The van der Waals surface area contributed by atoms with E-state index in [2.05, 4.69) is 41.4 Å². The van der Waals surface area contributed by atoms with Gasteiger partial charge in [0.2, 0.25) is 0 Å². The molecule has 4 nitrogen and oxygen atoms in total. The second-order valence-corrected chi connectivity index (χ2v) is 4.90. The Bertz CT molecular complexity index is 346. The van der Waals surface area contributed by atoms with Gasteiger partial charge in [-0.05, 0) is 19.8 Å². The third-order valence-electron chi connectivity index (χ3n) is 2.21. The van der Waals surface area contributed by atoms with Crippen molar-refractivity contribution in [2.45, 2.75) is 40.2 Å². The Labute approximate surface area is 108 Å². The van der Waals surface area contributed by atoms with Gasteiger partial charge in [-0.15, -0.1) is 11.3 Å². The Hall–Kier alpha value is -1.10. The van der Waals surface area contributed by atoms with Crippen LogP contribution in [0.15, 0.2) is 11.2 Å². The number of rotatable bonds is 6. The van der Waals surface area contributed by atoms with E-state index < -0.39 is 0 Å². The van der Waals surface area contributed by atoms with Gasteiger partial charge in [0, 0.05) is 24.2 Å². The summed E-state index contributed by atoms with van der Waals surface area (Å²) in [5.41, 5.74) is 0. The van der Waals surface area contributed by atoms with Gasteiger partial charge in [-0.25, -0.2) is 9.98 Å². The van der Waals surface area contributed by atoms with E-state index in [1.54, 1.807) is 11.3 Å². The number of hydrogen-bond donors (Lipinski definition) is 2. The van der Waals surface area contributed by atoms with E-state index in [9.17, 15) is 0 Å². The van der Waals surface area contributed by atoms with Gasteiger partial charge in [0.15, 0.2) is 5.96 Å². The van der Waals surface area contributed by atoms with Crippen molar-refractivity contribution in [2.24, 2.45) is 4.99 Å². The Kier molecular flexibility index (Phi) is 6.62. The highest BCUT2D eigenvalue weighted by Gasteiger charge is 2.00. The minimum absolute atomic E-state index is 0.656. The highest BCUT2D eigenvalue weighted by Crippen LogP contribution is 2.13. The first-order chi connectivity index (χ1) is 8.30. The highest BCUT2D eigenvalue weighted by atomic mass is 32.1. The average molecular weight is 254 g/mol. The average Bonchev–Trinajstić information content (AvgIpc) is 2.80. The smallest absolute Gasteiger partial charge is 0.191 e. The summed E-state index contributed by atoms with van der Waals surface area (Å²) in [4.78, 5) is 10.2. The predicted octanol–water partition coefficient (Wildman–Crippen LogP) is 2.17. The molecule has 1 rings (SSSR count). The van der Waals surface area contributed by atoms with E-state index in [1.165, 1.54) is 4.88 Å². The Morgan fingerprint density at radius 1 is 1.35 bits per heavy atom. The summed E-state index contributed by atoms with van der Waals surface area (Å²) in [6.45, 7) is 8.85. The van der Waals surface area contributed by atoms with E-state index in [0.717, 1.165) is 36.9 Å².